The molecular formula is C12H9ClF2O. The molecule has 0 saturated heterocycles. The van der Waals surface area contributed by atoms with E-state index >= 15 is 0 Å². The minimum absolute atomic E-state index is 0.0149. The zero-order valence-electron chi connectivity index (χ0n) is 8.29. The summed E-state index contributed by atoms with van der Waals surface area (Å²) in [6.07, 6.45) is 1.54. The molecule has 0 saturated carbocycles. The van der Waals surface area contributed by atoms with Crippen LogP contribution in [0.1, 0.15) is 16.7 Å². The van der Waals surface area contributed by atoms with E-state index in [0.29, 0.717) is 5.76 Å². The van der Waals surface area contributed by atoms with E-state index in [-0.39, 0.29) is 12.0 Å². The summed E-state index contributed by atoms with van der Waals surface area (Å²) in [7, 11) is 0. The molecule has 84 valence electrons. The topological polar surface area (TPSA) is 13.1 Å². The maximum absolute atomic E-state index is 13.3. The molecule has 4 heteroatoms. The van der Waals surface area contributed by atoms with Crippen molar-refractivity contribution in [3.8, 4) is 0 Å². The maximum Gasteiger partial charge on any atom is 0.129 e. The maximum atomic E-state index is 13.3. The van der Waals surface area contributed by atoms with Crippen molar-refractivity contribution in [2.45, 2.75) is 11.8 Å². The Morgan fingerprint density at radius 1 is 1.12 bits per heavy atom. The second-order valence-corrected chi connectivity index (χ2v) is 3.91. The highest BCUT2D eigenvalue weighted by Gasteiger charge is 2.17. The molecule has 0 radical (unpaired) electrons. The zero-order valence-corrected chi connectivity index (χ0v) is 9.05. The Kier molecular flexibility index (Phi) is 3.25. The van der Waals surface area contributed by atoms with Crippen LogP contribution in [0.25, 0.3) is 0 Å². The number of alkyl halides is 1. The Morgan fingerprint density at radius 3 is 2.38 bits per heavy atom. The summed E-state index contributed by atoms with van der Waals surface area (Å²) in [6.45, 7) is 0. The van der Waals surface area contributed by atoms with Gasteiger partial charge in [0.25, 0.3) is 0 Å². The SMILES string of the molecule is Fc1cccc(F)c1CC(Cl)c1ccco1. The van der Waals surface area contributed by atoms with Crippen LogP contribution in [0.15, 0.2) is 41.0 Å². The monoisotopic (exact) mass is 242 g/mol. The third kappa shape index (κ3) is 2.25. The quantitative estimate of drug-likeness (QED) is 0.739. The summed E-state index contributed by atoms with van der Waals surface area (Å²) < 4.78 is 31.7. The number of rotatable bonds is 3. The standard InChI is InChI=1S/C12H9ClF2O/c13-9(12-5-2-6-16-12)7-8-10(14)3-1-4-11(8)15/h1-6,9H,7H2. The molecule has 2 aromatic rings. The van der Waals surface area contributed by atoms with Crippen molar-refractivity contribution in [2.75, 3.05) is 0 Å². The second kappa shape index (κ2) is 4.66. The third-order valence-corrected chi connectivity index (χ3v) is 2.67. The van der Waals surface area contributed by atoms with E-state index < -0.39 is 17.0 Å². The number of hydrogen-bond donors (Lipinski definition) is 0. The fourth-order valence-electron chi connectivity index (χ4n) is 1.48. The molecule has 1 nitrogen and oxygen atoms in total. The van der Waals surface area contributed by atoms with Crippen LogP contribution >= 0.6 is 11.6 Å². The van der Waals surface area contributed by atoms with Crippen LogP contribution in [0.3, 0.4) is 0 Å². The largest absolute Gasteiger partial charge is 0.468 e. The molecule has 0 bridgehead atoms. The Bertz CT molecular complexity index is 448. The van der Waals surface area contributed by atoms with Crippen LogP contribution in [0.5, 0.6) is 0 Å². The Balaban J connectivity index is 2.21. The van der Waals surface area contributed by atoms with Gasteiger partial charge in [0.1, 0.15) is 17.4 Å². The molecule has 1 aromatic carbocycles. The van der Waals surface area contributed by atoms with E-state index in [1.54, 1.807) is 12.1 Å². The highest BCUT2D eigenvalue weighted by atomic mass is 35.5. The summed E-state index contributed by atoms with van der Waals surface area (Å²) in [4.78, 5) is 0. The van der Waals surface area contributed by atoms with Gasteiger partial charge in [-0.25, -0.2) is 8.78 Å². The Labute approximate surface area is 96.6 Å². The third-order valence-electron chi connectivity index (χ3n) is 2.30. The van der Waals surface area contributed by atoms with Crippen molar-refractivity contribution < 1.29 is 13.2 Å². The summed E-state index contributed by atoms with van der Waals surface area (Å²) in [5.41, 5.74) is -0.0149. The van der Waals surface area contributed by atoms with Crippen molar-refractivity contribution in [3.63, 3.8) is 0 Å². The predicted octanol–water partition coefficient (Wildman–Crippen LogP) is 4.08. The van der Waals surface area contributed by atoms with Gasteiger partial charge in [0, 0.05) is 12.0 Å². The lowest BCUT2D eigenvalue weighted by molar-refractivity contribution is 0.492. The number of benzene rings is 1. The Hall–Kier alpha value is -1.35. The van der Waals surface area contributed by atoms with E-state index in [9.17, 15) is 8.78 Å². The molecular weight excluding hydrogens is 234 g/mol. The lowest BCUT2D eigenvalue weighted by Crippen LogP contribution is -2.00. The van der Waals surface area contributed by atoms with Gasteiger partial charge >= 0.3 is 0 Å². The molecule has 1 aromatic heterocycles. The van der Waals surface area contributed by atoms with Crippen molar-refractivity contribution in [2.24, 2.45) is 0 Å². The summed E-state index contributed by atoms with van der Waals surface area (Å²) >= 11 is 6.00. The molecule has 1 heterocycles. The average Bonchev–Trinajstić information content (AvgIpc) is 2.76. The predicted molar refractivity (Wildman–Crippen MR) is 57.4 cm³/mol. The van der Waals surface area contributed by atoms with Gasteiger partial charge in [0.05, 0.1) is 11.6 Å². The van der Waals surface area contributed by atoms with Crippen LogP contribution in [-0.2, 0) is 6.42 Å². The molecule has 0 amide bonds. The van der Waals surface area contributed by atoms with Crippen molar-refractivity contribution in [1.29, 1.82) is 0 Å². The van der Waals surface area contributed by atoms with Gasteiger partial charge in [0.15, 0.2) is 0 Å². The molecule has 0 fully saturated rings. The van der Waals surface area contributed by atoms with Crippen LogP contribution in [0.4, 0.5) is 8.78 Å². The van der Waals surface area contributed by atoms with E-state index in [1.807, 2.05) is 0 Å². The van der Waals surface area contributed by atoms with E-state index in [1.165, 1.54) is 24.5 Å². The Morgan fingerprint density at radius 2 is 1.81 bits per heavy atom. The zero-order chi connectivity index (χ0) is 11.5. The first-order valence-electron chi connectivity index (χ1n) is 4.79. The van der Waals surface area contributed by atoms with Gasteiger partial charge < -0.3 is 4.42 Å². The smallest absolute Gasteiger partial charge is 0.129 e. The van der Waals surface area contributed by atoms with Gasteiger partial charge in [-0.3, -0.25) is 0 Å². The fraction of sp³-hybridized carbons (Fsp3) is 0.167. The first-order chi connectivity index (χ1) is 7.68. The molecule has 1 atom stereocenters. The van der Waals surface area contributed by atoms with Gasteiger partial charge in [-0.15, -0.1) is 11.6 Å². The van der Waals surface area contributed by atoms with Crippen LogP contribution in [-0.4, -0.2) is 0 Å². The molecule has 16 heavy (non-hydrogen) atoms. The highest BCUT2D eigenvalue weighted by Crippen LogP contribution is 2.27. The summed E-state index contributed by atoms with van der Waals surface area (Å²) in [6, 6.07) is 7.11. The van der Waals surface area contributed by atoms with Crippen LogP contribution < -0.4 is 0 Å². The van der Waals surface area contributed by atoms with Gasteiger partial charge in [0.2, 0.25) is 0 Å². The normalized spacial score (nSPS) is 12.7. The van der Waals surface area contributed by atoms with E-state index in [2.05, 4.69) is 0 Å². The number of furan rings is 1. The molecule has 0 aliphatic rings. The van der Waals surface area contributed by atoms with Gasteiger partial charge in [-0.05, 0) is 24.3 Å². The van der Waals surface area contributed by atoms with Crippen LogP contribution in [0.2, 0.25) is 0 Å². The minimum atomic E-state index is -0.586. The first-order valence-corrected chi connectivity index (χ1v) is 5.22. The molecule has 0 N–H and O–H groups in total. The summed E-state index contributed by atoms with van der Waals surface area (Å²) in [5, 5.41) is -0.568. The molecule has 0 aliphatic carbocycles. The van der Waals surface area contributed by atoms with E-state index in [4.69, 9.17) is 16.0 Å². The van der Waals surface area contributed by atoms with Crippen molar-refractivity contribution in [1.82, 2.24) is 0 Å². The average molecular weight is 243 g/mol. The second-order valence-electron chi connectivity index (χ2n) is 3.39. The molecule has 2 rings (SSSR count). The van der Waals surface area contributed by atoms with Crippen molar-refractivity contribution >= 4 is 11.6 Å². The number of halogens is 3. The van der Waals surface area contributed by atoms with Gasteiger partial charge in [-0.1, -0.05) is 6.07 Å². The molecule has 1 unspecified atom stereocenters. The van der Waals surface area contributed by atoms with Gasteiger partial charge in [-0.2, -0.15) is 0 Å². The molecule has 0 spiro atoms. The minimum Gasteiger partial charge on any atom is -0.468 e. The van der Waals surface area contributed by atoms with Crippen LogP contribution in [0, 0.1) is 11.6 Å². The lowest BCUT2D eigenvalue weighted by Gasteiger charge is -2.08. The van der Waals surface area contributed by atoms with E-state index in [0.717, 1.165) is 0 Å². The highest BCUT2D eigenvalue weighted by molar-refractivity contribution is 6.20. The first kappa shape index (κ1) is 11.1. The number of hydrogen-bond acceptors (Lipinski definition) is 1. The fourth-order valence-corrected chi connectivity index (χ4v) is 1.76. The van der Waals surface area contributed by atoms with Crippen molar-refractivity contribution in [3.05, 3.63) is 59.6 Å². The lowest BCUT2D eigenvalue weighted by atomic mass is 10.1. The molecule has 0 aliphatic heterocycles. The summed E-state index contributed by atoms with van der Waals surface area (Å²) in [5.74, 6) is -0.668.